The van der Waals surface area contributed by atoms with Gasteiger partial charge in [0.1, 0.15) is 18.2 Å². The maximum Gasteiger partial charge on any atom is 0.268 e. The van der Waals surface area contributed by atoms with E-state index in [4.69, 9.17) is 18.7 Å². The Morgan fingerprint density at radius 3 is 2.40 bits per heavy atom. The molecule has 0 radical (unpaired) electrons. The summed E-state index contributed by atoms with van der Waals surface area (Å²) >= 11 is 1.60. The van der Waals surface area contributed by atoms with Gasteiger partial charge in [0.15, 0.2) is 12.1 Å². The summed E-state index contributed by atoms with van der Waals surface area (Å²) in [4.78, 5) is 32.5. The van der Waals surface area contributed by atoms with Gasteiger partial charge in [-0.05, 0) is 62.0 Å². The average molecular weight is 595 g/mol. The molecule has 0 bridgehead atoms. The number of amides is 1. The van der Waals surface area contributed by atoms with Crippen LogP contribution in [0, 0.1) is 12.8 Å². The molecule has 1 N–H and O–H groups in total. The second-order valence-corrected chi connectivity index (χ2v) is 11.0. The topological polar surface area (TPSA) is 118 Å². The molecule has 1 aromatic carbocycles. The number of carbonyl (C=O) groups is 2. The third-order valence-corrected chi connectivity index (χ3v) is 7.78. The maximum atomic E-state index is 13.8. The summed E-state index contributed by atoms with van der Waals surface area (Å²) in [5, 5.41) is 7.00. The quantitative estimate of drug-likeness (QED) is 0.170. The smallest absolute Gasteiger partial charge is 0.268 e. The van der Waals surface area contributed by atoms with Crippen LogP contribution in [0.3, 0.4) is 0 Å². The molecule has 0 unspecified atom stereocenters. The minimum absolute atomic E-state index is 0.127. The van der Waals surface area contributed by atoms with Crippen molar-refractivity contribution in [3.05, 3.63) is 76.9 Å². The molecule has 0 aliphatic heterocycles. The van der Waals surface area contributed by atoms with Crippen molar-refractivity contribution in [3.8, 4) is 16.3 Å². The van der Waals surface area contributed by atoms with E-state index in [1.807, 2.05) is 71.3 Å². The van der Waals surface area contributed by atoms with Crippen LogP contribution in [-0.4, -0.2) is 52.6 Å². The van der Waals surface area contributed by atoms with E-state index in [1.54, 1.807) is 35.7 Å². The highest BCUT2D eigenvalue weighted by atomic mass is 32.1. The van der Waals surface area contributed by atoms with Gasteiger partial charge >= 0.3 is 0 Å². The molecule has 224 valence electrons. The van der Waals surface area contributed by atoms with Crippen molar-refractivity contribution in [1.29, 1.82) is 0 Å². The van der Waals surface area contributed by atoms with Gasteiger partial charge in [-0.15, -0.1) is 11.3 Å². The number of benzene rings is 1. The number of aromatic nitrogens is 3. The largest absolute Gasteiger partial charge is 0.470 e. The van der Waals surface area contributed by atoms with Gasteiger partial charge in [-0.1, -0.05) is 38.1 Å². The molecular weight excluding hydrogens is 556 g/mol. The Morgan fingerprint density at radius 1 is 1.07 bits per heavy atom. The van der Waals surface area contributed by atoms with Crippen LogP contribution >= 0.6 is 11.3 Å². The fraction of sp³-hybridized carbons (Fsp3) is 0.419. The van der Waals surface area contributed by atoms with E-state index in [-0.39, 0.29) is 42.0 Å². The summed E-state index contributed by atoms with van der Waals surface area (Å²) in [5.41, 5.74) is 5.09. The first-order valence-electron chi connectivity index (χ1n) is 14.1. The Labute approximate surface area is 250 Å². The Morgan fingerprint density at radius 2 is 1.79 bits per heavy atom. The molecule has 3 aromatic heterocycles. The molecule has 10 nitrogen and oxygen atoms in total. The molecule has 0 aliphatic carbocycles. The van der Waals surface area contributed by atoms with Crippen molar-refractivity contribution in [2.24, 2.45) is 5.92 Å². The highest BCUT2D eigenvalue weighted by Gasteiger charge is 2.32. The van der Waals surface area contributed by atoms with E-state index in [1.165, 1.54) is 4.57 Å². The summed E-state index contributed by atoms with van der Waals surface area (Å²) in [5.74, 6) is -0.923. The summed E-state index contributed by atoms with van der Waals surface area (Å²) in [6.07, 6.45) is 1.05. The summed E-state index contributed by atoms with van der Waals surface area (Å²) in [6.45, 7) is 12.6. The molecule has 0 saturated carbocycles. The zero-order chi connectivity index (χ0) is 30.2. The Bertz CT molecular complexity index is 1450. The fourth-order valence-electron chi connectivity index (χ4n) is 4.66. The van der Waals surface area contributed by atoms with Gasteiger partial charge in [0.05, 0.1) is 22.1 Å². The van der Waals surface area contributed by atoms with Crippen molar-refractivity contribution >= 4 is 23.2 Å². The summed E-state index contributed by atoms with van der Waals surface area (Å²) in [6, 6.07) is 12.7. The van der Waals surface area contributed by atoms with Crippen LogP contribution in [0.15, 0.2) is 58.7 Å². The number of rotatable bonds is 14. The number of nitrogens with zero attached hydrogens (tertiary/aromatic N) is 3. The molecule has 2 atom stereocenters. The molecule has 0 spiro atoms. The fourth-order valence-corrected chi connectivity index (χ4v) is 5.47. The molecule has 4 aromatic rings. The van der Waals surface area contributed by atoms with Crippen LogP contribution in [0.4, 0.5) is 0 Å². The minimum Gasteiger partial charge on any atom is -0.470 e. The molecule has 1 amide bonds. The van der Waals surface area contributed by atoms with E-state index < -0.39 is 12.2 Å². The third-order valence-electron chi connectivity index (χ3n) is 6.80. The number of hydrogen-bond acceptors (Lipinski definition) is 9. The van der Waals surface area contributed by atoms with Gasteiger partial charge in [-0.2, -0.15) is 0 Å². The molecule has 0 aliphatic rings. The zero-order valence-corrected chi connectivity index (χ0v) is 25.6. The standard InChI is InChI=1S/C31H38N4O6S/c1-7-38-27(39-8-2)17-40-26-16-25(41-34-26)28(19(3)4)31(37)35-15-9-10-24(35)30(36)33-20(5)22-11-13-23(14-12-22)29-21(6)32-18-42-29/h9-16,18-20,27-28H,7-8,17H2,1-6H3,(H,33,36)/t20-,28+/m0/s1. The highest BCUT2D eigenvalue weighted by Crippen LogP contribution is 2.31. The normalized spacial score (nSPS) is 13.0. The molecule has 3 heterocycles. The molecule has 11 heteroatoms. The lowest BCUT2D eigenvalue weighted by Gasteiger charge is -2.19. The van der Waals surface area contributed by atoms with E-state index in [0.29, 0.717) is 19.0 Å². The lowest BCUT2D eigenvalue weighted by molar-refractivity contribution is -0.152. The second kappa shape index (κ2) is 14.4. The second-order valence-electron chi connectivity index (χ2n) is 10.1. The molecule has 0 saturated heterocycles. The van der Waals surface area contributed by atoms with E-state index in [0.717, 1.165) is 21.7 Å². The van der Waals surface area contributed by atoms with Crippen LogP contribution < -0.4 is 10.1 Å². The first-order valence-corrected chi connectivity index (χ1v) is 15.0. The van der Waals surface area contributed by atoms with Crippen LogP contribution in [0.1, 0.15) is 78.9 Å². The minimum atomic E-state index is -0.691. The number of hydrogen-bond donors (Lipinski definition) is 1. The van der Waals surface area contributed by atoms with Crippen molar-refractivity contribution in [3.63, 3.8) is 0 Å². The van der Waals surface area contributed by atoms with Gasteiger partial charge in [-0.3, -0.25) is 14.2 Å². The van der Waals surface area contributed by atoms with Gasteiger partial charge < -0.3 is 24.1 Å². The molecular formula is C31H38N4O6S. The van der Waals surface area contributed by atoms with Crippen molar-refractivity contribution in [2.75, 3.05) is 19.8 Å². The zero-order valence-electron chi connectivity index (χ0n) is 24.8. The van der Waals surface area contributed by atoms with Gasteiger partial charge in [0, 0.05) is 25.5 Å². The lowest BCUT2D eigenvalue weighted by Crippen LogP contribution is -2.32. The highest BCUT2D eigenvalue weighted by molar-refractivity contribution is 7.13. The van der Waals surface area contributed by atoms with Gasteiger partial charge in [0.25, 0.3) is 11.8 Å². The Hall–Kier alpha value is -3.80. The summed E-state index contributed by atoms with van der Waals surface area (Å²) in [7, 11) is 0. The number of ether oxygens (including phenoxy) is 3. The maximum absolute atomic E-state index is 13.8. The predicted octanol–water partition coefficient (Wildman–Crippen LogP) is 6.26. The summed E-state index contributed by atoms with van der Waals surface area (Å²) < 4.78 is 23.6. The first kappa shape index (κ1) is 31.1. The van der Waals surface area contributed by atoms with E-state index >= 15 is 0 Å². The number of aryl methyl sites for hydroxylation is 1. The molecule has 4 rings (SSSR count). The average Bonchev–Trinajstić information content (AvgIpc) is 3.73. The molecule has 42 heavy (non-hydrogen) atoms. The van der Waals surface area contributed by atoms with E-state index in [2.05, 4.69) is 15.5 Å². The monoisotopic (exact) mass is 594 g/mol. The number of carbonyl (C=O) groups excluding carboxylic acids is 2. The number of thiazole rings is 1. The van der Waals surface area contributed by atoms with Crippen molar-refractivity contribution < 1.29 is 28.3 Å². The molecule has 0 fully saturated rings. The van der Waals surface area contributed by atoms with Crippen molar-refractivity contribution in [1.82, 2.24) is 20.0 Å². The van der Waals surface area contributed by atoms with Gasteiger partial charge in [-0.25, -0.2) is 4.98 Å². The third kappa shape index (κ3) is 7.33. The lowest BCUT2D eigenvalue weighted by atomic mass is 9.92. The number of nitrogens with one attached hydrogen (secondary N) is 1. The van der Waals surface area contributed by atoms with Crippen LogP contribution in [-0.2, 0) is 9.47 Å². The Kier molecular flexibility index (Phi) is 10.7. The van der Waals surface area contributed by atoms with Gasteiger partial charge in [0.2, 0.25) is 5.91 Å². The van der Waals surface area contributed by atoms with Crippen LogP contribution in [0.2, 0.25) is 0 Å². The first-order chi connectivity index (χ1) is 20.2. The predicted molar refractivity (Wildman–Crippen MR) is 160 cm³/mol. The van der Waals surface area contributed by atoms with Crippen LogP contribution in [0.5, 0.6) is 5.88 Å². The van der Waals surface area contributed by atoms with Crippen LogP contribution in [0.25, 0.3) is 10.4 Å². The van der Waals surface area contributed by atoms with Crippen molar-refractivity contribution in [2.45, 2.75) is 59.8 Å². The Balaban J connectivity index is 1.45. The SMILES string of the molecule is CCOC(COc1cc([C@H](C(=O)n2cccc2C(=O)N[C@@H](C)c2ccc(-c3scnc3C)cc2)C(C)C)on1)OCC. The van der Waals surface area contributed by atoms with E-state index in [9.17, 15) is 9.59 Å².